The van der Waals surface area contributed by atoms with E-state index in [-0.39, 0.29) is 18.7 Å². The Hall–Kier alpha value is -0.160. The summed E-state index contributed by atoms with van der Waals surface area (Å²) in [5.41, 5.74) is 0. The zero-order valence-electron chi connectivity index (χ0n) is 6.57. The van der Waals surface area contributed by atoms with E-state index in [2.05, 4.69) is 5.32 Å². The highest BCUT2D eigenvalue weighted by atomic mass is 16.3. The third kappa shape index (κ3) is 1.54. The number of rotatable bonds is 2. The summed E-state index contributed by atoms with van der Waals surface area (Å²) in [5, 5.41) is 30.3. The van der Waals surface area contributed by atoms with E-state index < -0.39 is 12.2 Å². The van der Waals surface area contributed by atoms with Gasteiger partial charge in [-0.25, -0.2) is 0 Å². The summed E-state index contributed by atoms with van der Waals surface area (Å²) in [6.07, 6.45) is -0.809. The Morgan fingerprint density at radius 2 is 1.73 bits per heavy atom. The van der Waals surface area contributed by atoms with Gasteiger partial charge in [-0.1, -0.05) is 6.92 Å². The minimum atomic E-state index is -0.829. The fraction of sp³-hybridized carbons (Fsp3) is 1.00. The minimum Gasteiger partial charge on any atom is -0.395 e. The van der Waals surface area contributed by atoms with E-state index in [4.69, 9.17) is 5.11 Å². The molecule has 1 fully saturated rings. The second-order valence-electron chi connectivity index (χ2n) is 2.95. The molecule has 0 saturated carbocycles. The Kier molecular flexibility index (Phi) is 2.84. The van der Waals surface area contributed by atoms with Crippen molar-refractivity contribution in [1.29, 1.82) is 0 Å². The van der Waals surface area contributed by atoms with E-state index in [0.29, 0.717) is 0 Å². The molecule has 4 nitrogen and oxygen atoms in total. The van der Waals surface area contributed by atoms with Crippen LogP contribution in [0.15, 0.2) is 0 Å². The zero-order chi connectivity index (χ0) is 8.43. The number of hydrogen-bond acceptors (Lipinski definition) is 4. The third-order valence-corrected chi connectivity index (χ3v) is 2.24. The van der Waals surface area contributed by atoms with Gasteiger partial charge in [0.1, 0.15) is 0 Å². The average molecular weight is 161 g/mol. The lowest BCUT2D eigenvalue weighted by Gasteiger charge is -2.12. The van der Waals surface area contributed by atoms with Gasteiger partial charge in [0, 0.05) is 6.04 Å². The van der Waals surface area contributed by atoms with Crippen LogP contribution in [0.1, 0.15) is 13.3 Å². The zero-order valence-corrected chi connectivity index (χ0v) is 6.57. The Balaban J connectivity index is 2.53. The lowest BCUT2D eigenvalue weighted by molar-refractivity contribution is 0.0193. The molecule has 1 heterocycles. The highest BCUT2D eigenvalue weighted by Crippen LogP contribution is 2.15. The van der Waals surface area contributed by atoms with E-state index in [1.54, 1.807) is 0 Å². The summed E-state index contributed by atoms with van der Waals surface area (Å²) in [6, 6.07) is -0.447. The number of aliphatic hydroxyl groups excluding tert-OH is 3. The summed E-state index contributed by atoms with van der Waals surface area (Å²) >= 11 is 0. The van der Waals surface area contributed by atoms with Crippen LogP contribution in [-0.2, 0) is 0 Å². The second-order valence-corrected chi connectivity index (χ2v) is 2.95. The smallest absolute Gasteiger partial charge is 0.0989 e. The maximum absolute atomic E-state index is 9.34. The van der Waals surface area contributed by atoms with Gasteiger partial charge in [0.25, 0.3) is 0 Å². The molecule has 0 spiro atoms. The molecule has 4 atom stereocenters. The van der Waals surface area contributed by atoms with Gasteiger partial charge < -0.3 is 20.6 Å². The molecule has 1 saturated heterocycles. The Labute approximate surface area is 65.9 Å². The summed E-state index contributed by atoms with van der Waals surface area (Å²) in [6.45, 7) is 1.79. The molecule has 1 aliphatic rings. The molecule has 0 aliphatic carbocycles. The Morgan fingerprint density at radius 1 is 1.18 bits per heavy atom. The van der Waals surface area contributed by atoms with Gasteiger partial charge in [-0.2, -0.15) is 0 Å². The quantitative estimate of drug-likeness (QED) is 0.396. The molecule has 0 aromatic rings. The lowest BCUT2D eigenvalue weighted by atomic mass is 10.1. The highest BCUT2D eigenvalue weighted by Gasteiger charge is 2.39. The van der Waals surface area contributed by atoms with Crippen LogP contribution in [-0.4, -0.2) is 46.2 Å². The molecule has 1 aliphatic heterocycles. The maximum Gasteiger partial charge on any atom is 0.0989 e. The van der Waals surface area contributed by atoms with Crippen LogP contribution in [0.2, 0.25) is 0 Å². The molecule has 0 aromatic carbocycles. The Morgan fingerprint density at radius 3 is 2.00 bits per heavy atom. The van der Waals surface area contributed by atoms with Gasteiger partial charge in [-0.15, -0.1) is 0 Å². The molecular formula is C7H15NO3. The molecule has 11 heavy (non-hydrogen) atoms. The van der Waals surface area contributed by atoms with Crippen molar-refractivity contribution in [2.45, 2.75) is 37.6 Å². The molecule has 1 rings (SSSR count). The molecule has 0 aromatic heterocycles. The maximum atomic E-state index is 9.34. The van der Waals surface area contributed by atoms with Gasteiger partial charge in [0.05, 0.1) is 24.9 Å². The summed E-state index contributed by atoms with van der Waals surface area (Å²) in [5.74, 6) is 0. The van der Waals surface area contributed by atoms with Gasteiger partial charge in [0.2, 0.25) is 0 Å². The first-order valence-electron chi connectivity index (χ1n) is 3.93. The van der Waals surface area contributed by atoms with Crippen molar-refractivity contribution in [1.82, 2.24) is 5.32 Å². The van der Waals surface area contributed by atoms with Crippen molar-refractivity contribution in [3.63, 3.8) is 0 Å². The molecule has 3 unspecified atom stereocenters. The number of aliphatic hydroxyl groups is 3. The van der Waals surface area contributed by atoms with Gasteiger partial charge in [-0.3, -0.25) is 0 Å². The predicted octanol–water partition coefficient (Wildman–Crippen LogP) is -1.55. The highest BCUT2D eigenvalue weighted by molar-refractivity contribution is 4.96. The van der Waals surface area contributed by atoms with Crippen LogP contribution in [0.25, 0.3) is 0 Å². The van der Waals surface area contributed by atoms with Gasteiger partial charge in [-0.05, 0) is 6.42 Å². The van der Waals surface area contributed by atoms with Crippen LogP contribution in [0.3, 0.4) is 0 Å². The first-order chi connectivity index (χ1) is 5.20. The summed E-state index contributed by atoms with van der Waals surface area (Å²) < 4.78 is 0. The molecule has 0 amide bonds. The molecule has 0 radical (unpaired) electrons. The van der Waals surface area contributed by atoms with Crippen LogP contribution >= 0.6 is 0 Å². The van der Waals surface area contributed by atoms with E-state index >= 15 is 0 Å². The van der Waals surface area contributed by atoms with E-state index in [1.807, 2.05) is 6.92 Å². The average Bonchev–Trinajstić information content (AvgIpc) is 2.30. The number of nitrogens with one attached hydrogen (secondary N) is 1. The molecule has 4 N–H and O–H groups in total. The topological polar surface area (TPSA) is 72.7 Å². The molecule has 66 valence electrons. The molecular weight excluding hydrogens is 146 g/mol. The van der Waals surface area contributed by atoms with Gasteiger partial charge >= 0.3 is 0 Å². The van der Waals surface area contributed by atoms with Crippen molar-refractivity contribution < 1.29 is 15.3 Å². The SMILES string of the molecule is CCC1NC(CO)[C@H](O)C1O. The van der Waals surface area contributed by atoms with Crippen LogP contribution in [0.5, 0.6) is 0 Å². The lowest BCUT2D eigenvalue weighted by Crippen LogP contribution is -2.36. The van der Waals surface area contributed by atoms with Crippen molar-refractivity contribution in [2.75, 3.05) is 6.61 Å². The van der Waals surface area contributed by atoms with E-state index in [1.165, 1.54) is 0 Å². The van der Waals surface area contributed by atoms with Gasteiger partial charge in [0.15, 0.2) is 0 Å². The second kappa shape index (κ2) is 3.49. The monoisotopic (exact) mass is 161 g/mol. The van der Waals surface area contributed by atoms with Crippen LogP contribution in [0, 0.1) is 0 Å². The standard InChI is InChI=1S/C7H15NO3/c1-2-4-6(10)7(11)5(3-9)8-4/h4-11H,2-3H2,1H3/t4?,5?,6?,7-/m0/s1. The van der Waals surface area contributed by atoms with E-state index in [9.17, 15) is 10.2 Å². The number of hydrogen-bond donors (Lipinski definition) is 4. The van der Waals surface area contributed by atoms with Crippen molar-refractivity contribution in [2.24, 2.45) is 0 Å². The largest absolute Gasteiger partial charge is 0.395 e. The van der Waals surface area contributed by atoms with E-state index in [0.717, 1.165) is 6.42 Å². The van der Waals surface area contributed by atoms with Crippen LogP contribution < -0.4 is 5.32 Å². The fourth-order valence-electron chi connectivity index (χ4n) is 1.47. The third-order valence-electron chi connectivity index (χ3n) is 2.24. The Bertz CT molecular complexity index is 113. The fourth-order valence-corrected chi connectivity index (χ4v) is 1.47. The predicted molar refractivity (Wildman–Crippen MR) is 40.1 cm³/mol. The van der Waals surface area contributed by atoms with Crippen molar-refractivity contribution >= 4 is 0 Å². The molecule has 4 heteroatoms. The van der Waals surface area contributed by atoms with Crippen molar-refractivity contribution in [3.8, 4) is 0 Å². The summed E-state index contributed by atoms with van der Waals surface area (Å²) in [4.78, 5) is 0. The normalized spacial score (nSPS) is 44.7. The van der Waals surface area contributed by atoms with Crippen LogP contribution in [0.4, 0.5) is 0 Å². The first-order valence-corrected chi connectivity index (χ1v) is 3.93. The van der Waals surface area contributed by atoms with Crippen molar-refractivity contribution in [3.05, 3.63) is 0 Å². The first kappa shape index (κ1) is 8.93. The molecule has 0 bridgehead atoms. The summed E-state index contributed by atoms with van der Waals surface area (Å²) in [7, 11) is 0. The minimum absolute atomic E-state index is 0.0813.